The first kappa shape index (κ1) is 22.1. The maximum atomic E-state index is 15.7. The molecule has 0 bridgehead atoms. The van der Waals surface area contributed by atoms with Crippen molar-refractivity contribution in [3.05, 3.63) is 83.0 Å². The zero-order valence-corrected chi connectivity index (χ0v) is 21.3. The minimum absolute atomic E-state index is 0.0167. The Morgan fingerprint density at radius 2 is 1.63 bits per heavy atom. The van der Waals surface area contributed by atoms with Gasteiger partial charge in [-0.2, -0.15) is 0 Å². The van der Waals surface area contributed by atoms with E-state index in [-0.39, 0.29) is 11.2 Å². The van der Waals surface area contributed by atoms with E-state index >= 15 is 4.39 Å². The van der Waals surface area contributed by atoms with Gasteiger partial charge in [0.15, 0.2) is 6.20 Å². The summed E-state index contributed by atoms with van der Waals surface area (Å²) in [5.74, 6) is 0.696. The third-order valence-electron chi connectivity index (χ3n) is 8.02. The molecule has 1 aliphatic heterocycles. The molecule has 0 fully saturated rings. The molecule has 0 unspecified atom stereocenters. The highest BCUT2D eigenvalue weighted by Gasteiger charge is 2.45. The van der Waals surface area contributed by atoms with Crippen LogP contribution in [0.2, 0.25) is 0 Å². The number of hydrogen-bond donors (Lipinski definition) is 0. The number of hydrogen-bond acceptors (Lipinski definition) is 2. The molecular formula is C31H31FNO2+. The Kier molecular flexibility index (Phi) is 4.61. The van der Waals surface area contributed by atoms with Crippen molar-refractivity contribution in [1.82, 2.24) is 0 Å². The van der Waals surface area contributed by atoms with Crippen LogP contribution in [0.5, 0.6) is 0 Å². The Balaban J connectivity index is 1.66. The Bertz CT molecular complexity index is 1600. The number of aromatic nitrogens is 1. The van der Waals surface area contributed by atoms with E-state index in [9.17, 15) is 0 Å². The van der Waals surface area contributed by atoms with Crippen LogP contribution in [-0.4, -0.2) is 6.61 Å². The van der Waals surface area contributed by atoms with Gasteiger partial charge in [-0.1, -0.05) is 32.1 Å². The van der Waals surface area contributed by atoms with Crippen LogP contribution in [0.1, 0.15) is 45.2 Å². The van der Waals surface area contributed by atoms with Gasteiger partial charge < -0.3 is 9.15 Å². The minimum Gasteiger partial charge on any atom is -0.497 e. The molecule has 178 valence electrons. The van der Waals surface area contributed by atoms with Gasteiger partial charge in [0, 0.05) is 28.3 Å². The summed E-state index contributed by atoms with van der Waals surface area (Å²) in [5.41, 5.74) is 6.77. The van der Waals surface area contributed by atoms with E-state index in [1.165, 1.54) is 5.57 Å². The topological polar surface area (TPSA) is 26.2 Å². The Morgan fingerprint density at radius 1 is 0.914 bits per heavy atom. The van der Waals surface area contributed by atoms with Gasteiger partial charge in [0.2, 0.25) is 5.69 Å². The summed E-state index contributed by atoms with van der Waals surface area (Å²) in [4.78, 5) is 0. The molecule has 6 rings (SSSR count). The molecular weight excluding hydrogens is 437 g/mol. The van der Waals surface area contributed by atoms with E-state index in [4.69, 9.17) is 9.15 Å². The summed E-state index contributed by atoms with van der Waals surface area (Å²) in [6, 6.07) is 13.8. The van der Waals surface area contributed by atoms with E-state index in [0.29, 0.717) is 17.8 Å². The van der Waals surface area contributed by atoms with Crippen LogP contribution in [0.3, 0.4) is 0 Å². The normalized spacial score (nSPS) is 18.7. The van der Waals surface area contributed by atoms with Gasteiger partial charge in [0.05, 0.1) is 17.7 Å². The van der Waals surface area contributed by atoms with Crippen LogP contribution in [0.4, 0.5) is 4.39 Å². The van der Waals surface area contributed by atoms with Crippen molar-refractivity contribution in [3.8, 4) is 11.3 Å². The van der Waals surface area contributed by atoms with Gasteiger partial charge in [-0.3, -0.25) is 0 Å². The van der Waals surface area contributed by atoms with Crippen molar-refractivity contribution in [2.24, 2.45) is 17.9 Å². The van der Waals surface area contributed by atoms with Crippen molar-refractivity contribution < 1.29 is 18.1 Å². The lowest BCUT2D eigenvalue weighted by atomic mass is 9.77. The average molecular weight is 469 g/mol. The molecule has 1 aliphatic carbocycles. The van der Waals surface area contributed by atoms with E-state index < -0.39 is 5.41 Å². The second kappa shape index (κ2) is 7.30. The number of ether oxygens (including phenoxy) is 1. The molecule has 4 heteroatoms. The number of furan rings is 1. The second-order valence-electron chi connectivity index (χ2n) is 11.1. The molecule has 2 aromatic heterocycles. The smallest absolute Gasteiger partial charge is 0.216 e. The van der Waals surface area contributed by atoms with Crippen LogP contribution < -0.4 is 4.57 Å². The van der Waals surface area contributed by atoms with Crippen molar-refractivity contribution in [2.45, 2.75) is 41.0 Å². The average Bonchev–Trinajstić information content (AvgIpc) is 3.30. The van der Waals surface area contributed by atoms with Crippen molar-refractivity contribution in [2.75, 3.05) is 6.61 Å². The summed E-state index contributed by atoms with van der Waals surface area (Å²) in [7, 11) is 2.03. The molecule has 35 heavy (non-hydrogen) atoms. The lowest BCUT2D eigenvalue weighted by Gasteiger charge is -2.35. The van der Waals surface area contributed by atoms with E-state index in [1.807, 2.05) is 31.4 Å². The Hall–Kier alpha value is -3.40. The molecule has 3 heterocycles. The van der Waals surface area contributed by atoms with Gasteiger partial charge in [-0.25, -0.2) is 8.96 Å². The molecule has 0 amide bonds. The summed E-state index contributed by atoms with van der Waals surface area (Å²) in [5, 5.41) is 1.93. The first-order chi connectivity index (χ1) is 16.6. The summed E-state index contributed by atoms with van der Waals surface area (Å²) < 4.78 is 30.6. The monoisotopic (exact) mass is 468 g/mol. The van der Waals surface area contributed by atoms with E-state index in [2.05, 4.69) is 63.5 Å². The van der Waals surface area contributed by atoms with Crippen LogP contribution in [0.25, 0.3) is 38.8 Å². The minimum atomic E-state index is -0.453. The van der Waals surface area contributed by atoms with E-state index in [0.717, 1.165) is 50.9 Å². The zero-order valence-electron chi connectivity index (χ0n) is 21.3. The molecule has 0 saturated heterocycles. The fourth-order valence-corrected chi connectivity index (χ4v) is 5.87. The number of aryl methyl sites for hydroxylation is 2. The third-order valence-corrected chi connectivity index (χ3v) is 8.02. The summed E-state index contributed by atoms with van der Waals surface area (Å²) in [6.07, 6.45) is 5.13. The highest BCUT2D eigenvalue weighted by atomic mass is 19.1. The molecule has 0 saturated carbocycles. The highest BCUT2D eigenvalue weighted by molar-refractivity contribution is 6.12. The first-order valence-electron chi connectivity index (χ1n) is 12.3. The maximum Gasteiger partial charge on any atom is 0.216 e. The molecule has 4 aromatic rings. The molecule has 2 aromatic carbocycles. The van der Waals surface area contributed by atoms with Gasteiger partial charge in [-0.15, -0.1) is 0 Å². The number of fused-ring (bicyclic) bond motifs is 3. The fourth-order valence-electron chi connectivity index (χ4n) is 5.87. The van der Waals surface area contributed by atoms with Crippen LogP contribution >= 0.6 is 0 Å². The summed E-state index contributed by atoms with van der Waals surface area (Å²) >= 11 is 0. The lowest BCUT2D eigenvalue weighted by Crippen LogP contribution is -2.30. The highest BCUT2D eigenvalue weighted by Crippen LogP contribution is 2.56. The number of halogens is 1. The number of pyridine rings is 1. The van der Waals surface area contributed by atoms with Crippen molar-refractivity contribution in [1.29, 1.82) is 0 Å². The largest absolute Gasteiger partial charge is 0.497 e. The van der Waals surface area contributed by atoms with Gasteiger partial charge in [-0.05, 0) is 67.5 Å². The maximum absolute atomic E-state index is 15.7. The Morgan fingerprint density at radius 3 is 2.34 bits per heavy atom. The molecule has 0 spiro atoms. The number of allylic oxidation sites excluding steroid dienone is 3. The van der Waals surface area contributed by atoms with Crippen LogP contribution in [-0.2, 0) is 11.8 Å². The second-order valence-corrected chi connectivity index (χ2v) is 11.1. The van der Waals surface area contributed by atoms with Crippen LogP contribution in [0, 0.1) is 23.6 Å². The quantitative estimate of drug-likeness (QED) is 0.282. The predicted molar refractivity (Wildman–Crippen MR) is 138 cm³/mol. The van der Waals surface area contributed by atoms with Gasteiger partial charge in [0.25, 0.3) is 0 Å². The molecule has 2 aliphatic rings. The third kappa shape index (κ3) is 3.05. The van der Waals surface area contributed by atoms with E-state index in [1.54, 1.807) is 6.07 Å². The lowest BCUT2D eigenvalue weighted by molar-refractivity contribution is -0.660. The predicted octanol–water partition coefficient (Wildman–Crippen LogP) is 7.65. The van der Waals surface area contributed by atoms with Gasteiger partial charge in [0.1, 0.15) is 29.8 Å². The summed E-state index contributed by atoms with van der Waals surface area (Å²) in [6.45, 7) is 11.5. The molecule has 0 radical (unpaired) electrons. The molecule has 3 nitrogen and oxygen atoms in total. The molecule has 0 atom stereocenters. The first-order valence-corrected chi connectivity index (χ1v) is 12.3. The zero-order chi connectivity index (χ0) is 24.7. The number of rotatable bonds is 2. The number of nitrogens with zero attached hydrogens (tertiary/aromatic N) is 1. The van der Waals surface area contributed by atoms with Crippen molar-refractivity contribution in [3.63, 3.8) is 0 Å². The Labute approximate surface area is 205 Å². The number of benzene rings is 2. The fraction of sp³-hybridized carbons (Fsp3) is 0.323. The molecule has 0 N–H and O–H groups in total. The van der Waals surface area contributed by atoms with Gasteiger partial charge >= 0.3 is 0 Å². The van der Waals surface area contributed by atoms with Crippen molar-refractivity contribution >= 4 is 27.5 Å². The standard InChI is InChI=1S/C31H31FNO2/c1-18-10-11-19-20-12-13-23(32)26(21-17-22-29(31(21,4)5)34-16-14-30(22,2)3)28(20)35-27(19)25(18)24-9-7-8-15-33(24)6/h7-13,15,17H,14,16H2,1-6H3/q+1. The SMILES string of the molecule is Cc1ccc2c(oc3c(C4=CC5=C(OCCC5(C)C)C4(C)C)c(F)ccc32)c1-c1cccc[n+]1C. The van der Waals surface area contributed by atoms with Crippen LogP contribution in [0.15, 0.2) is 70.5 Å².